The Balaban J connectivity index is 2.77. The Kier molecular flexibility index (Phi) is 6.47. The number of nitrogens with zero attached hydrogens (tertiary/aromatic N) is 2. The predicted molar refractivity (Wildman–Crippen MR) is 78.2 cm³/mol. The van der Waals surface area contributed by atoms with Gasteiger partial charge in [0.15, 0.2) is 0 Å². The van der Waals surface area contributed by atoms with E-state index < -0.39 is 0 Å². The summed E-state index contributed by atoms with van der Waals surface area (Å²) in [4.78, 5) is 8.69. The van der Waals surface area contributed by atoms with Crippen LogP contribution in [0, 0.1) is 0 Å². The lowest BCUT2D eigenvalue weighted by atomic mass is 10.1. The van der Waals surface area contributed by atoms with Crippen molar-refractivity contribution in [1.29, 1.82) is 0 Å². The largest absolute Gasteiger partial charge is 0.370 e. The first-order chi connectivity index (χ1) is 8.72. The predicted octanol–water partition coefficient (Wildman–Crippen LogP) is 3.46. The van der Waals surface area contributed by atoms with Crippen molar-refractivity contribution in [2.45, 2.75) is 59.4 Å². The Morgan fingerprint density at radius 2 is 1.89 bits per heavy atom. The van der Waals surface area contributed by atoms with E-state index in [4.69, 9.17) is 0 Å². The second-order valence-electron chi connectivity index (χ2n) is 4.62. The first kappa shape index (κ1) is 14.7. The first-order valence-corrected chi connectivity index (χ1v) is 7.07. The van der Waals surface area contributed by atoms with Crippen LogP contribution < -0.4 is 10.6 Å². The third kappa shape index (κ3) is 4.17. The average molecular weight is 250 g/mol. The Hall–Kier alpha value is -1.32. The smallest absolute Gasteiger partial charge is 0.134 e. The fourth-order valence-corrected chi connectivity index (χ4v) is 2.01. The molecule has 0 amide bonds. The maximum atomic E-state index is 4.38. The topological polar surface area (TPSA) is 49.8 Å². The standard InChI is InChI=1S/C14H26N4/c1-5-8-9-11(4)18-14-12(6-2)13(15-7-3)16-10-17-14/h10-11H,5-9H2,1-4H3,(H2,15,16,17,18). The van der Waals surface area contributed by atoms with Crippen LogP contribution in [-0.4, -0.2) is 22.6 Å². The summed E-state index contributed by atoms with van der Waals surface area (Å²) in [6.45, 7) is 9.54. The van der Waals surface area contributed by atoms with E-state index in [0.717, 1.165) is 24.6 Å². The van der Waals surface area contributed by atoms with Gasteiger partial charge in [-0.1, -0.05) is 26.7 Å². The van der Waals surface area contributed by atoms with E-state index in [2.05, 4.69) is 48.3 Å². The van der Waals surface area contributed by atoms with Crippen LogP contribution in [-0.2, 0) is 6.42 Å². The van der Waals surface area contributed by atoms with Crippen molar-refractivity contribution in [3.05, 3.63) is 11.9 Å². The normalized spacial score (nSPS) is 12.2. The molecule has 0 spiro atoms. The van der Waals surface area contributed by atoms with Crippen LogP contribution in [0.15, 0.2) is 6.33 Å². The molecule has 0 aromatic carbocycles. The summed E-state index contributed by atoms with van der Waals surface area (Å²) in [6, 6.07) is 0.458. The van der Waals surface area contributed by atoms with E-state index in [9.17, 15) is 0 Å². The van der Waals surface area contributed by atoms with E-state index in [1.807, 2.05) is 0 Å². The van der Waals surface area contributed by atoms with Crippen LogP contribution in [0.1, 0.15) is 52.5 Å². The number of anilines is 2. The molecule has 0 bridgehead atoms. The summed E-state index contributed by atoms with van der Waals surface area (Å²) >= 11 is 0. The first-order valence-electron chi connectivity index (χ1n) is 7.07. The molecule has 0 aliphatic heterocycles. The van der Waals surface area contributed by atoms with Crippen molar-refractivity contribution in [3.63, 3.8) is 0 Å². The van der Waals surface area contributed by atoms with Gasteiger partial charge in [-0.3, -0.25) is 0 Å². The Bertz CT molecular complexity index is 352. The lowest BCUT2D eigenvalue weighted by Gasteiger charge is -2.18. The van der Waals surface area contributed by atoms with Gasteiger partial charge in [-0.05, 0) is 26.7 Å². The summed E-state index contributed by atoms with van der Waals surface area (Å²) < 4.78 is 0. The van der Waals surface area contributed by atoms with Gasteiger partial charge >= 0.3 is 0 Å². The number of hydrogen-bond acceptors (Lipinski definition) is 4. The number of rotatable bonds is 8. The lowest BCUT2D eigenvalue weighted by Crippen LogP contribution is -2.18. The molecule has 0 aliphatic rings. The molecule has 2 N–H and O–H groups in total. The lowest BCUT2D eigenvalue weighted by molar-refractivity contribution is 0.642. The Labute approximate surface area is 111 Å². The average Bonchev–Trinajstić information content (AvgIpc) is 2.37. The highest BCUT2D eigenvalue weighted by Crippen LogP contribution is 2.21. The van der Waals surface area contributed by atoms with Crippen LogP contribution >= 0.6 is 0 Å². The van der Waals surface area contributed by atoms with E-state index >= 15 is 0 Å². The van der Waals surface area contributed by atoms with Crippen LogP contribution in [0.5, 0.6) is 0 Å². The van der Waals surface area contributed by atoms with Crippen molar-refractivity contribution < 1.29 is 0 Å². The van der Waals surface area contributed by atoms with Crippen molar-refractivity contribution in [2.75, 3.05) is 17.2 Å². The zero-order valence-corrected chi connectivity index (χ0v) is 12.1. The molecule has 102 valence electrons. The van der Waals surface area contributed by atoms with E-state index in [1.54, 1.807) is 6.33 Å². The molecule has 4 heteroatoms. The summed E-state index contributed by atoms with van der Waals surface area (Å²) in [6.07, 6.45) is 6.23. The SMILES string of the molecule is CCCCC(C)Nc1ncnc(NCC)c1CC. The molecule has 18 heavy (non-hydrogen) atoms. The molecule has 0 saturated heterocycles. The second kappa shape index (κ2) is 7.90. The Morgan fingerprint density at radius 3 is 2.50 bits per heavy atom. The van der Waals surface area contributed by atoms with Crippen LogP contribution in [0.25, 0.3) is 0 Å². The minimum Gasteiger partial charge on any atom is -0.370 e. The quantitative estimate of drug-likeness (QED) is 0.742. The van der Waals surface area contributed by atoms with Crippen LogP contribution in [0.2, 0.25) is 0 Å². The van der Waals surface area contributed by atoms with E-state index in [0.29, 0.717) is 6.04 Å². The zero-order chi connectivity index (χ0) is 13.4. The molecule has 0 fully saturated rings. The molecule has 1 atom stereocenters. The maximum Gasteiger partial charge on any atom is 0.134 e. The number of aromatic nitrogens is 2. The molecule has 0 aliphatic carbocycles. The summed E-state index contributed by atoms with van der Waals surface area (Å²) in [5, 5.41) is 6.80. The zero-order valence-electron chi connectivity index (χ0n) is 12.1. The van der Waals surface area contributed by atoms with Gasteiger partial charge in [0.1, 0.15) is 18.0 Å². The van der Waals surface area contributed by atoms with Gasteiger partial charge in [0.2, 0.25) is 0 Å². The van der Waals surface area contributed by atoms with Gasteiger partial charge < -0.3 is 10.6 Å². The minimum atomic E-state index is 0.458. The molecule has 1 heterocycles. The summed E-state index contributed by atoms with van der Waals surface area (Å²) in [7, 11) is 0. The molecule has 0 radical (unpaired) electrons. The van der Waals surface area contributed by atoms with Crippen LogP contribution in [0.4, 0.5) is 11.6 Å². The van der Waals surface area contributed by atoms with E-state index in [-0.39, 0.29) is 0 Å². The fourth-order valence-electron chi connectivity index (χ4n) is 2.01. The molecular formula is C14H26N4. The molecular weight excluding hydrogens is 224 g/mol. The van der Waals surface area contributed by atoms with Gasteiger partial charge in [-0.2, -0.15) is 0 Å². The van der Waals surface area contributed by atoms with Crippen molar-refractivity contribution in [1.82, 2.24) is 9.97 Å². The molecule has 1 rings (SSSR count). The third-order valence-corrected chi connectivity index (χ3v) is 3.02. The summed E-state index contributed by atoms with van der Waals surface area (Å²) in [5.74, 6) is 1.94. The molecule has 1 aromatic rings. The van der Waals surface area contributed by atoms with Gasteiger partial charge in [0.05, 0.1) is 0 Å². The monoisotopic (exact) mass is 250 g/mol. The third-order valence-electron chi connectivity index (χ3n) is 3.02. The highest BCUT2D eigenvalue weighted by molar-refractivity contribution is 5.57. The maximum absolute atomic E-state index is 4.38. The molecule has 1 unspecified atom stereocenters. The number of unbranched alkanes of at least 4 members (excludes halogenated alkanes) is 1. The molecule has 4 nitrogen and oxygen atoms in total. The molecule has 1 aromatic heterocycles. The summed E-state index contributed by atoms with van der Waals surface area (Å²) in [5.41, 5.74) is 1.18. The highest BCUT2D eigenvalue weighted by atomic mass is 15.1. The van der Waals surface area contributed by atoms with Crippen molar-refractivity contribution >= 4 is 11.6 Å². The number of hydrogen-bond donors (Lipinski definition) is 2. The van der Waals surface area contributed by atoms with Gasteiger partial charge in [-0.15, -0.1) is 0 Å². The van der Waals surface area contributed by atoms with Crippen molar-refractivity contribution in [2.24, 2.45) is 0 Å². The highest BCUT2D eigenvalue weighted by Gasteiger charge is 2.11. The Morgan fingerprint density at radius 1 is 1.17 bits per heavy atom. The van der Waals surface area contributed by atoms with Gasteiger partial charge in [-0.25, -0.2) is 9.97 Å². The minimum absolute atomic E-state index is 0.458. The fraction of sp³-hybridized carbons (Fsp3) is 0.714. The second-order valence-corrected chi connectivity index (χ2v) is 4.62. The van der Waals surface area contributed by atoms with Crippen molar-refractivity contribution in [3.8, 4) is 0 Å². The molecule has 0 saturated carbocycles. The van der Waals surface area contributed by atoms with Gasteiger partial charge in [0.25, 0.3) is 0 Å². The van der Waals surface area contributed by atoms with Crippen LogP contribution in [0.3, 0.4) is 0 Å². The number of nitrogens with one attached hydrogen (secondary N) is 2. The van der Waals surface area contributed by atoms with E-state index in [1.165, 1.54) is 24.8 Å². The van der Waals surface area contributed by atoms with Gasteiger partial charge in [0, 0.05) is 18.2 Å².